The molecule has 8 nitrogen and oxygen atoms in total. The lowest BCUT2D eigenvalue weighted by Crippen LogP contribution is -2.15. The fourth-order valence-electron chi connectivity index (χ4n) is 3.38. The zero-order valence-corrected chi connectivity index (χ0v) is 18.8. The summed E-state index contributed by atoms with van der Waals surface area (Å²) in [5.41, 5.74) is 3.38. The highest BCUT2D eigenvalue weighted by Gasteiger charge is 2.20. The van der Waals surface area contributed by atoms with E-state index in [0.717, 1.165) is 44.7 Å². The SMILES string of the molecule is CCc1cc2c(cc1Sc1nc3c(C)ncnc3n1CCCS(C)(=O)=O)OCCO2. The third kappa shape index (κ3) is 4.39. The van der Waals surface area contributed by atoms with Gasteiger partial charge in [0.2, 0.25) is 0 Å². The van der Waals surface area contributed by atoms with E-state index in [-0.39, 0.29) is 5.75 Å². The van der Waals surface area contributed by atoms with Crippen molar-refractivity contribution in [3.05, 3.63) is 29.7 Å². The first-order valence-corrected chi connectivity index (χ1v) is 12.7. The third-order valence-electron chi connectivity index (χ3n) is 4.88. The van der Waals surface area contributed by atoms with Crippen LogP contribution in [0.25, 0.3) is 11.2 Å². The molecule has 160 valence electrons. The first kappa shape index (κ1) is 20.9. The number of aromatic nitrogens is 4. The third-order valence-corrected chi connectivity index (χ3v) is 7.01. The summed E-state index contributed by atoms with van der Waals surface area (Å²) in [6.07, 6.45) is 4.10. The smallest absolute Gasteiger partial charge is 0.175 e. The minimum absolute atomic E-state index is 0.116. The van der Waals surface area contributed by atoms with E-state index in [1.54, 1.807) is 0 Å². The largest absolute Gasteiger partial charge is 0.486 e. The average Bonchev–Trinajstić information content (AvgIpc) is 3.05. The van der Waals surface area contributed by atoms with Crippen molar-refractivity contribution in [1.29, 1.82) is 0 Å². The molecule has 4 rings (SSSR count). The number of hydrogen-bond donors (Lipinski definition) is 0. The highest BCUT2D eigenvalue weighted by Crippen LogP contribution is 2.40. The van der Waals surface area contributed by atoms with Crippen molar-refractivity contribution in [3.63, 3.8) is 0 Å². The number of benzene rings is 1. The molecule has 1 aromatic carbocycles. The number of fused-ring (bicyclic) bond motifs is 2. The normalized spacial score (nSPS) is 13.7. The van der Waals surface area contributed by atoms with E-state index in [0.29, 0.717) is 31.8 Å². The van der Waals surface area contributed by atoms with Crippen molar-refractivity contribution in [1.82, 2.24) is 19.5 Å². The van der Waals surface area contributed by atoms with Gasteiger partial charge in [0.05, 0.1) is 11.4 Å². The van der Waals surface area contributed by atoms with Crippen LogP contribution in [0.5, 0.6) is 11.5 Å². The van der Waals surface area contributed by atoms with Crippen LogP contribution in [0.2, 0.25) is 0 Å². The molecule has 0 radical (unpaired) electrons. The van der Waals surface area contributed by atoms with Crippen molar-refractivity contribution in [3.8, 4) is 11.5 Å². The summed E-state index contributed by atoms with van der Waals surface area (Å²) in [6.45, 7) is 5.58. The molecule has 3 heterocycles. The molecule has 0 atom stereocenters. The van der Waals surface area contributed by atoms with Crippen molar-refractivity contribution < 1.29 is 17.9 Å². The van der Waals surface area contributed by atoms with Gasteiger partial charge in [-0.25, -0.2) is 23.4 Å². The Balaban J connectivity index is 1.73. The molecular formula is C20H24N4O4S2. The van der Waals surface area contributed by atoms with Crippen molar-refractivity contribution in [2.75, 3.05) is 25.2 Å². The maximum atomic E-state index is 11.6. The van der Waals surface area contributed by atoms with Crippen LogP contribution in [0.1, 0.15) is 24.6 Å². The lowest BCUT2D eigenvalue weighted by molar-refractivity contribution is 0.171. The van der Waals surface area contributed by atoms with Crippen LogP contribution in [0, 0.1) is 6.92 Å². The van der Waals surface area contributed by atoms with Crippen LogP contribution >= 0.6 is 11.8 Å². The molecule has 3 aromatic rings. The molecule has 1 aliphatic heterocycles. The van der Waals surface area contributed by atoms with E-state index in [9.17, 15) is 8.42 Å². The Morgan fingerprint density at radius 2 is 1.90 bits per heavy atom. The van der Waals surface area contributed by atoms with Gasteiger partial charge >= 0.3 is 0 Å². The number of hydrogen-bond acceptors (Lipinski definition) is 8. The molecule has 0 N–H and O–H groups in total. The maximum absolute atomic E-state index is 11.6. The first-order valence-electron chi connectivity index (χ1n) is 9.81. The first-order chi connectivity index (χ1) is 14.4. The molecule has 1 aliphatic rings. The number of imidazole rings is 1. The number of ether oxygens (including phenoxy) is 2. The van der Waals surface area contributed by atoms with E-state index < -0.39 is 9.84 Å². The van der Waals surface area contributed by atoms with Crippen LogP contribution < -0.4 is 9.47 Å². The number of aryl methyl sites for hydroxylation is 3. The molecule has 30 heavy (non-hydrogen) atoms. The van der Waals surface area contributed by atoms with E-state index in [4.69, 9.17) is 14.5 Å². The Morgan fingerprint density at radius 1 is 1.17 bits per heavy atom. The Bertz CT molecular complexity index is 1190. The summed E-state index contributed by atoms with van der Waals surface area (Å²) in [4.78, 5) is 14.5. The molecular weight excluding hydrogens is 424 g/mol. The van der Waals surface area contributed by atoms with Crippen LogP contribution in [-0.2, 0) is 22.8 Å². The van der Waals surface area contributed by atoms with Gasteiger partial charge in [-0.2, -0.15) is 0 Å². The van der Waals surface area contributed by atoms with Crippen LogP contribution in [0.3, 0.4) is 0 Å². The van der Waals surface area contributed by atoms with Gasteiger partial charge in [0, 0.05) is 17.7 Å². The fraction of sp³-hybridized carbons (Fsp3) is 0.450. The van der Waals surface area contributed by atoms with Crippen LogP contribution in [0.4, 0.5) is 0 Å². The molecule has 0 aliphatic carbocycles. The lowest BCUT2D eigenvalue weighted by Gasteiger charge is -2.20. The molecule has 0 amide bonds. The summed E-state index contributed by atoms with van der Waals surface area (Å²) in [5, 5.41) is 0.758. The second-order valence-corrected chi connectivity index (χ2v) is 10.5. The number of rotatable bonds is 7. The molecule has 0 spiro atoms. The summed E-state index contributed by atoms with van der Waals surface area (Å²) in [5.74, 6) is 1.62. The van der Waals surface area contributed by atoms with Gasteiger partial charge in [-0.05, 0) is 37.5 Å². The summed E-state index contributed by atoms with van der Waals surface area (Å²) < 4.78 is 36.6. The molecule has 0 bridgehead atoms. The Hall–Kier alpha value is -2.33. The van der Waals surface area contributed by atoms with Crippen molar-refractivity contribution in [2.45, 2.75) is 43.3 Å². The van der Waals surface area contributed by atoms with Crippen molar-refractivity contribution >= 4 is 32.8 Å². The fourth-order valence-corrected chi connectivity index (χ4v) is 5.15. The second-order valence-electron chi connectivity index (χ2n) is 7.22. The standard InChI is InChI=1S/C20H24N4O4S2/c1-4-14-10-15-16(28-8-7-27-15)11-17(14)29-20-23-18-13(2)21-12-22-19(18)24(20)6-5-9-30(3,25)26/h10-12H,4-9H2,1-3H3. The quantitative estimate of drug-likeness (QED) is 0.544. The van der Waals surface area contributed by atoms with E-state index in [1.807, 2.05) is 23.6 Å². The molecule has 2 aromatic heterocycles. The van der Waals surface area contributed by atoms with Gasteiger partial charge in [0.15, 0.2) is 22.3 Å². The molecule has 0 fully saturated rings. The van der Waals surface area contributed by atoms with Gasteiger partial charge in [0.1, 0.15) is 34.9 Å². The van der Waals surface area contributed by atoms with Gasteiger partial charge in [-0.3, -0.25) is 0 Å². The predicted octanol–water partition coefficient (Wildman–Crippen LogP) is 3.05. The van der Waals surface area contributed by atoms with Gasteiger partial charge in [0.25, 0.3) is 0 Å². The Morgan fingerprint density at radius 3 is 2.60 bits per heavy atom. The number of sulfone groups is 1. The summed E-state index contributed by atoms with van der Waals surface area (Å²) >= 11 is 1.53. The van der Waals surface area contributed by atoms with Crippen LogP contribution in [0.15, 0.2) is 28.5 Å². The minimum Gasteiger partial charge on any atom is -0.486 e. The van der Waals surface area contributed by atoms with Gasteiger partial charge < -0.3 is 14.0 Å². The Kier molecular flexibility index (Phi) is 5.88. The zero-order valence-electron chi connectivity index (χ0n) is 17.2. The molecule has 0 unspecified atom stereocenters. The van der Waals surface area contributed by atoms with Crippen LogP contribution in [-0.4, -0.2) is 53.2 Å². The molecule has 0 saturated heterocycles. The highest BCUT2D eigenvalue weighted by atomic mass is 32.2. The zero-order chi connectivity index (χ0) is 21.3. The molecule has 0 saturated carbocycles. The monoisotopic (exact) mass is 448 g/mol. The predicted molar refractivity (Wildman–Crippen MR) is 115 cm³/mol. The maximum Gasteiger partial charge on any atom is 0.175 e. The number of nitrogens with zero attached hydrogens (tertiary/aromatic N) is 4. The van der Waals surface area contributed by atoms with Crippen molar-refractivity contribution in [2.24, 2.45) is 0 Å². The summed E-state index contributed by atoms with van der Waals surface area (Å²) in [6, 6.07) is 4.02. The van der Waals surface area contributed by atoms with E-state index in [2.05, 4.69) is 16.9 Å². The molecule has 10 heteroatoms. The van der Waals surface area contributed by atoms with Gasteiger partial charge in [-0.1, -0.05) is 18.7 Å². The van der Waals surface area contributed by atoms with Gasteiger partial charge in [-0.15, -0.1) is 0 Å². The average molecular weight is 449 g/mol. The van der Waals surface area contributed by atoms with E-state index in [1.165, 1.54) is 24.3 Å². The lowest BCUT2D eigenvalue weighted by atomic mass is 10.1. The second kappa shape index (κ2) is 8.43. The topological polar surface area (TPSA) is 96.2 Å². The van der Waals surface area contributed by atoms with E-state index >= 15 is 0 Å². The Labute approximate surface area is 180 Å². The summed E-state index contributed by atoms with van der Waals surface area (Å²) in [7, 11) is -3.04. The minimum atomic E-state index is -3.04. The highest BCUT2D eigenvalue weighted by molar-refractivity contribution is 7.99.